The Morgan fingerprint density at radius 3 is 1.95 bits per heavy atom. The zero-order chi connectivity index (χ0) is 46.5. The van der Waals surface area contributed by atoms with E-state index in [0.29, 0.717) is 5.56 Å². The van der Waals surface area contributed by atoms with Crippen molar-refractivity contribution in [3.8, 4) is 0 Å². The molecule has 12 atom stereocenters. The Bertz CT molecular complexity index is 2340. The summed E-state index contributed by atoms with van der Waals surface area (Å²) < 4.78 is 29.7. The first-order valence-electron chi connectivity index (χ1n) is 20.8. The number of aliphatic hydroxyl groups excluding tert-OH is 4. The van der Waals surface area contributed by atoms with Crippen molar-refractivity contribution in [1.82, 2.24) is 5.32 Å². The second kappa shape index (κ2) is 17.3. The van der Waals surface area contributed by atoms with Crippen molar-refractivity contribution in [3.05, 3.63) is 119 Å². The van der Waals surface area contributed by atoms with E-state index in [1.54, 1.807) is 54.6 Å². The molecule has 4 aliphatic rings. The Kier molecular flexibility index (Phi) is 12.5. The second-order valence-electron chi connectivity index (χ2n) is 17.4. The third kappa shape index (κ3) is 7.39. The van der Waals surface area contributed by atoms with Crippen LogP contribution in [0.5, 0.6) is 0 Å². The molecule has 2 bridgehead atoms. The number of rotatable bonds is 11. The van der Waals surface area contributed by atoms with Crippen LogP contribution in [0.15, 0.2) is 102 Å². The molecule has 1 saturated heterocycles. The summed E-state index contributed by atoms with van der Waals surface area (Å²) >= 11 is 0. The monoisotopic (exact) mass is 885 g/mol. The van der Waals surface area contributed by atoms with Gasteiger partial charge in [0.25, 0.3) is 5.91 Å². The summed E-state index contributed by atoms with van der Waals surface area (Å²) in [5, 5.41) is 63.4. The van der Waals surface area contributed by atoms with Gasteiger partial charge in [-0.3, -0.25) is 19.2 Å². The number of fused-ring (bicyclic) bond motifs is 5. The molecule has 7 rings (SSSR count). The van der Waals surface area contributed by atoms with E-state index < -0.39 is 132 Å². The van der Waals surface area contributed by atoms with Crippen LogP contribution in [0.25, 0.3) is 0 Å². The summed E-state index contributed by atoms with van der Waals surface area (Å²) in [7, 11) is 0. The third-order valence-electron chi connectivity index (χ3n) is 13.5. The van der Waals surface area contributed by atoms with E-state index in [0.717, 1.165) is 13.8 Å². The number of carbonyl (C=O) groups is 6. The lowest BCUT2D eigenvalue weighted by Crippen LogP contribution is -2.86. The van der Waals surface area contributed by atoms with Gasteiger partial charge in [-0.25, -0.2) is 9.59 Å². The van der Waals surface area contributed by atoms with Crippen LogP contribution in [0.3, 0.4) is 0 Å². The van der Waals surface area contributed by atoms with E-state index in [1.807, 2.05) is 0 Å². The molecule has 2 saturated carbocycles. The summed E-state index contributed by atoms with van der Waals surface area (Å²) in [6, 6.07) is 22.3. The number of hydrogen-bond acceptors (Lipinski definition) is 16. The van der Waals surface area contributed by atoms with Crippen LogP contribution in [0.4, 0.5) is 0 Å². The maximum atomic E-state index is 15.6. The lowest BCUT2D eigenvalue weighted by Gasteiger charge is -2.68. The summed E-state index contributed by atoms with van der Waals surface area (Å²) in [4.78, 5) is 83.7. The molecule has 0 spiro atoms. The zero-order valence-corrected chi connectivity index (χ0v) is 35.7. The molecule has 1 heterocycles. The highest BCUT2D eigenvalue weighted by molar-refractivity contribution is 5.97. The molecule has 6 N–H and O–H groups in total. The number of carbonyl (C=O) groups excluding carboxylic acids is 6. The summed E-state index contributed by atoms with van der Waals surface area (Å²) in [6.07, 6.45) is -14.5. The fraction of sp³-hybridized carbons (Fsp3) is 0.447. The lowest BCUT2D eigenvalue weighted by atomic mass is 9.44. The van der Waals surface area contributed by atoms with Gasteiger partial charge in [-0.05, 0) is 47.9 Å². The Balaban J connectivity index is 1.42. The first kappa shape index (κ1) is 46.2. The van der Waals surface area contributed by atoms with Crippen LogP contribution in [-0.2, 0) is 42.9 Å². The molecule has 0 unspecified atom stereocenters. The minimum atomic E-state index is -2.73. The molecule has 64 heavy (non-hydrogen) atoms. The number of aliphatic hydroxyl groups is 5. The highest BCUT2D eigenvalue weighted by atomic mass is 16.6. The van der Waals surface area contributed by atoms with Crippen molar-refractivity contribution in [2.75, 3.05) is 13.2 Å². The maximum Gasteiger partial charge on any atom is 0.338 e. The average molecular weight is 886 g/mol. The molecule has 0 radical (unpaired) electrons. The number of nitrogens with one attached hydrogen (secondary N) is 1. The molecule has 3 aromatic rings. The highest BCUT2D eigenvalue weighted by Gasteiger charge is 2.81. The number of esters is 4. The Morgan fingerprint density at radius 1 is 0.844 bits per heavy atom. The topological polar surface area (TPSA) is 262 Å². The number of ketones is 1. The molecular weight excluding hydrogens is 835 g/mol. The van der Waals surface area contributed by atoms with E-state index in [4.69, 9.17) is 23.7 Å². The van der Waals surface area contributed by atoms with Gasteiger partial charge in [-0.1, -0.05) is 80.6 Å². The summed E-state index contributed by atoms with van der Waals surface area (Å²) in [5.41, 5.74) is -9.00. The predicted octanol–water partition coefficient (Wildman–Crippen LogP) is 1.68. The Labute approximate surface area is 367 Å². The predicted molar refractivity (Wildman–Crippen MR) is 220 cm³/mol. The van der Waals surface area contributed by atoms with Crippen LogP contribution in [0.1, 0.15) is 73.4 Å². The third-order valence-corrected chi connectivity index (χ3v) is 13.5. The molecule has 3 fully saturated rings. The first-order chi connectivity index (χ1) is 30.3. The van der Waals surface area contributed by atoms with E-state index in [2.05, 4.69) is 5.32 Å². The van der Waals surface area contributed by atoms with Gasteiger partial charge in [0.05, 0.1) is 42.3 Å². The van der Waals surface area contributed by atoms with Crippen LogP contribution in [0.2, 0.25) is 0 Å². The van der Waals surface area contributed by atoms with Crippen LogP contribution >= 0.6 is 0 Å². The van der Waals surface area contributed by atoms with E-state index in [1.165, 1.54) is 57.2 Å². The van der Waals surface area contributed by atoms with Gasteiger partial charge in [0.15, 0.2) is 23.6 Å². The molecule has 17 heteroatoms. The van der Waals surface area contributed by atoms with Gasteiger partial charge in [0, 0.05) is 31.2 Å². The SMILES string of the molecule is CC(=O)O[C@H]1C(=O)[C@@]2(CO)[C@H]([C@H](OC(=O)c3ccccc3)[C@]3(O)C[C@H](OC(=O)[C@H](O)[C@@H](NC(=O)c4ccccc4)c4ccccc4)C(C)=C1C3(C)C)[C@]1(OC(C)=O)CO[C@@H]1[C@@H](O)[C@@H]2O. The van der Waals surface area contributed by atoms with Crippen molar-refractivity contribution in [2.45, 2.75) is 101 Å². The summed E-state index contributed by atoms with van der Waals surface area (Å²) in [6.45, 7) is 4.44. The average Bonchev–Trinajstić information content (AvgIpc) is 3.26. The second-order valence-corrected chi connectivity index (χ2v) is 17.4. The lowest BCUT2D eigenvalue weighted by molar-refractivity contribution is -0.373. The van der Waals surface area contributed by atoms with Crippen molar-refractivity contribution in [1.29, 1.82) is 0 Å². The Morgan fingerprint density at radius 2 is 1.42 bits per heavy atom. The number of amides is 1. The molecule has 3 aromatic carbocycles. The van der Waals surface area contributed by atoms with Crippen molar-refractivity contribution >= 4 is 35.6 Å². The largest absolute Gasteiger partial charge is 0.456 e. The molecule has 3 aliphatic carbocycles. The van der Waals surface area contributed by atoms with Crippen molar-refractivity contribution in [2.24, 2.45) is 16.7 Å². The number of ether oxygens (including phenoxy) is 5. The van der Waals surface area contributed by atoms with Gasteiger partial charge >= 0.3 is 23.9 Å². The molecule has 17 nitrogen and oxygen atoms in total. The molecule has 0 aromatic heterocycles. The first-order valence-corrected chi connectivity index (χ1v) is 20.8. The highest BCUT2D eigenvalue weighted by Crippen LogP contribution is 2.64. The van der Waals surface area contributed by atoms with Gasteiger partial charge in [0.2, 0.25) is 0 Å². The molecule has 1 amide bonds. The van der Waals surface area contributed by atoms with Crippen LogP contribution in [-0.4, -0.2) is 128 Å². The summed E-state index contributed by atoms with van der Waals surface area (Å²) in [5.74, 6) is -8.21. The Hall–Kier alpha value is -5.82. The smallest absolute Gasteiger partial charge is 0.338 e. The molecule has 1 aliphatic heterocycles. The molecule has 340 valence electrons. The quantitative estimate of drug-likeness (QED) is 0.0909. The standard InChI is InChI=1S/C47H51NO16/c1-24-30(62-43(58)33(52)32(27-15-9-6-10-16-27)48-41(56)28-17-11-7-12-18-28)21-47(59)40(63-42(57)29-19-13-8-14-20-29)36-45(22-49,38(55)35(61-25(2)50)31(24)44(47,4)5)37(54)34(53)39-46(36,23-60-39)64-26(3)51/h6-20,30,32-37,39-40,49,52-54,59H,21-23H2,1-5H3,(H,48,56)/t30-,32-,33+,34-,35+,36-,37-,39+,40-,45-,46+,47+/m0/s1. The minimum absolute atomic E-state index is 0.0319. The van der Waals surface area contributed by atoms with E-state index in [-0.39, 0.29) is 22.3 Å². The van der Waals surface area contributed by atoms with Crippen LogP contribution < -0.4 is 5.32 Å². The van der Waals surface area contributed by atoms with Gasteiger partial charge < -0.3 is 54.5 Å². The fourth-order valence-electron chi connectivity index (χ4n) is 10.3. The number of benzene rings is 3. The van der Waals surface area contributed by atoms with Gasteiger partial charge in [-0.2, -0.15) is 0 Å². The van der Waals surface area contributed by atoms with Crippen molar-refractivity contribution < 1.29 is 78.0 Å². The van der Waals surface area contributed by atoms with E-state index in [9.17, 15) is 49.5 Å². The van der Waals surface area contributed by atoms with Gasteiger partial charge in [0.1, 0.15) is 30.0 Å². The van der Waals surface area contributed by atoms with Crippen LogP contribution in [0, 0.1) is 16.7 Å². The number of Topliss-reactive ketones (excluding diaryl/α,β-unsaturated/α-hetero) is 1. The fourth-order valence-corrected chi connectivity index (χ4v) is 10.3. The maximum absolute atomic E-state index is 15.6. The normalized spacial score (nSPS) is 32.4. The van der Waals surface area contributed by atoms with E-state index >= 15 is 4.79 Å². The number of hydrogen-bond donors (Lipinski definition) is 6. The molecular formula is C47H51NO16. The van der Waals surface area contributed by atoms with Gasteiger partial charge in [-0.15, -0.1) is 0 Å². The van der Waals surface area contributed by atoms with Crippen molar-refractivity contribution in [3.63, 3.8) is 0 Å². The zero-order valence-electron chi connectivity index (χ0n) is 35.7. The minimum Gasteiger partial charge on any atom is -0.456 e.